The molecule has 1 saturated heterocycles. The number of rotatable bonds is 1. The number of hydrogen-bond donors (Lipinski definition) is 1. The fraction of sp³-hybridized carbons (Fsp3) is 0.917. The van der Waals surface area contributed by atoms with Crippen LogP contribution in [0.15, 0.2) is 4.99 Å². The lowest BCUT2D eigenvalue weighted by molar-refractivity contribution is -0.0995. The summed E-state index contributed by atoms with van der Waals surface area (Å²) in [5, 5.41) is 9.61. The highest BCUT2D eigenvalue weighted by molar-refractivity contribution is 5.76. The summed E-state index contributed by atoms with van der Waals surface area (Å²) >= 11 is 0. The minimum absolute atomic E-state index is 0.0508. The standard InChI is InChI=1S/C12H17F3N2O2/c13-8-9-7(5-6(10(8)18)11(14)15)19-12(16-9)17-3-1-2-4-17/h6-11,18H,1-5H2. The van der Waals surface area contributed by atoms with Gasteiger partial charge in [-0.2, -0.15) is 0 Å². The molecule has 19 heavy (non-hydrogen) atoms. The van der Waals surface area contributed by atoms with Gasteiger partial charge in [0.1, 0.15) is 12.1 Å². The lowest BCUT2D eigenvalue weighted by Crippen LogP contribution is -2.51. The van der Waals surface area contributed by atoms with Gasteiger partial charge in [0.2, 0.25) is 6.43 Å². The molecule has 5 unspecified atom stereocenters. The Morgan fingerprint density at radius 2 is 2.00 bits per heavy atom. The maximum atomic E-state index is 14.0. The number of likely N-dealkylation sites (tertiary alicyclic amines) is 1. The molecule has 0 spiro atoms. The number of nitrogens with zero attached hydrogens (tertiary/aromatic N) is 2. The predicted octanol–water partition coefficient (Wildman–Crippen LogP) is 1.19. The summed E-state index contributed by atoms with van der Waals surface area (Å²) in [4.78, 5) is 6.07. The Hall–Kier alpha value is -0.980. The van der Waals surface area contributed by atoms with Gasteiger partial charge in [-0.3, -0.25) is 0 Å². The number of alkyl halides is 3. The van der Waals surface area contributed by atoms with Crippen LogP contribution in [0.25, 0.3) is 0 Å². The number of aliphatic hydroxyl groups is 1. The van der Waals surface area contributed by atoms with Crippen molar-refractivity contribution in [1.29, 1.82) is 0 Å². The number of fused-ring (bicyclic) bond motifs is 1. The van der Waals surface area contributed by atoms with E-state index in [2.05, 4.69) is 4.99 Å². The van der Waals surface area contributed by atoms with Crippen LogP contribution in [-0.4, -0.2) is 60.0 Å². The molecule has 0 bridgehead atoms. The van der Waals surface area contributed by atoms with Crippen LogP contribution in [0.2, 0.25) is 0 Å². The van der Waals surface area contributed by atoms with Gasteiger partial charge in [-0.1, -0.05) is 0 Å². The molecule has 5 atom stereocenters. The van der Waals surface area contributed by atoms with Crippen molar-refractivity contribution >= 4 is 6.02 Å². The zero-order valence-electron chi connectivity index (χ0n) is 10.4. The van der Waals surface area contributed by atoms with E-state index in [-0.39, 0.29) is 6.42 Å². The van der Waals surface area contributed by atoms with Gasteiger partial charge in [-0.05, 0) is 19.3 Å². The summed E-state index contributed by atoms with van der Waals surface area (Å²) in [7, 11) is 0. The smallest absolute Gasteiger partial charge is 0.288 e. The van der Waals surface area contributed by atoms with E-state index in [1.54, 1.807) is 0 Å². The van der Waals surface area contributed by atoms with E-state index < -0.39 is 36.8 Å². The maximum absolute atomic E-state index is 14.0. The monoisotopic (exact) mass is 278 g/mol. The second kappa shape index (κ2) is 4.85. The van der Waals surface area contributed by atoms with Crippen molar-refractivity contribution in [2.24, 2.45) is 10.9 Å². The summed E-state index contributed by atoms with van der Waals surface area (Å²) in [5.41, 5.74) is 0. The molecule has 3 aliphatic rings. The van der Waals surface area contributed by atoms with Crippen molar-refractivity contribution in [3.8, 4) is 0 Å². The highest BCUT2D eigenvalue weighted by Crippen LogP contribution is 2.38. The number of aliphatic imine (C=N–C) groups is 1. The van der Waals surface area contributed by atoms with E-state index in [0.29, 0.717) is 6.02 Å². The van der Waals surface area contributed by atoms with Crippen molar-refractivity contribution in [1.82, 2.24) is 4.90 Å². The van der Waals surface area contributed by atoms with Crippen LogP contribution < -0.4 is 0 Å². The van der Waals surface area contributed by atoms with Gasteiger partial charge < -0.3 is 14.7 Å². The molecular formula is C12H17F3N2O2. The Morgan fingerprint density at radius 1 is 1.32 bits per heavy atom. The Kier molecular flexibility index (Phi) is 3.32. The zero-order valence-corrected chi connectivity index (χ0v) is 10.4. The number of ether oxygens (including phenoxy) is 1. The van der Waals surface area contributed by atoms with Crippen molar-refractivity contribution in [3.63, 3.8) is 0 Å². The third-order valence-electron chi connectivity index (χ3n) is 4.19. The van der Waals surface area contributed by atoms with Crippen LogP contribution >= 0.6 is 0 Å². The fourth-order valence-corrected chi connectivity index (χ4v) is 3.07. The van der Waals surface area contributed by atoms with E-state index in [1.807, 2.05) is 4.90 Å². The van der Waals surface area contributed by atoms with Gasteiger partial charge in [0.05, 0.1) is 12.0 Å². The Labute approximate surface area is 109 Å². The van der Waals surface area contributed by atoms with E-state index in [1.165, 1.54) is 0 Å². The SMILES string of the molecule is OC1C(F)C2N=C(N3CCCC3)OC2CC1C(F)F. The summed E-state index contributed by atoms with van der Waals surface area (Å²) in [5.74, 6) is -1.37. The average molecular weight is 278 g/mol. The van der Waals surface area contributed by atoms with Crippen LogP contribution in [-0.2, 0) is 4.74 Å². The second-order valence-electron chi connectivity index (χ2n) is 5.42. The quantitative estimate of drug-likeness (QED) is 0.783. The average Bonchev–Trinajstić information content (AvgIpc) is 3.01. The summed E-state index contributed by atoms with van der Waals surface area (Å²) in [6, 6.07) is -0.488. The van der Waals surface area contributed by atoms with Crippen LogP contribution in [0.3, 0.4) is 0 Å². The Morgan fingerprint density at radius 3 is 2.63 bits per heavy atom. The van der Waals surface area contributed by atoms with Gasteiger partial charge in [0.15, 0.2) is 6.17 Å². The van der Waals surface area contributed by atoms with Gasteiger partial charge in [-0.25, -0.2) is 18.2 Å². The predicted molar refractivity (Wildman–Crippen MR) is 61.9 cm³/mol. The normalized spacial score (nSPS) is 42.3. The van der Waals surface area contributed by atoms with Crippen LogP contribution in [0.5, 0.6) is 0 Å². The van der Waals surface area contributed by atoms with Gasteiger partial charge >= 0.3 is 0 Å². The van der Waals surface area contributed by atoms with Gasteiger partial charge in [-0.15, -0.1) is 0 Å². The molecular weight excluding hydrogens is 261 g/mol. The van der Waals surface area contributed by atoms with E-state index in [4.69, 9.17) is 4.74 Å². The third-order valence-corrected chi connectivity index (χ3v) is 4.19. The van der Waals surface area contributed by atoms with E-state index in [0.717, 1.165) is 25.9 Å². The minimum Gasteiger partial charge on any atom is -0.459 e. The molecule has 1 N–H and O–H groups in total. The second-order valence-corrected chi connectivity index (χ2v) is 5.42. The Balaban J connectivity index is 1.75. The minimum atomic E-state index is -2.74. The highest BCUT2D eigenvalue weighted by atomic mass is 19.3. The highest BCUT2D eigenvalue weighted by Gasteiger charge is 2.52. The zero-order chi connectivity index (χ0) is 13.6. The molecule has 0 aromatic heterocycles. The lowest BCUT2D eigenvalue weighted by Gasteiger charge is -2.35. The molecule has 0 aromatic carbocycles. The first-order valence-electron chi connectivity index (χ1n) is 6.67. The molecule has 1 saturated carbocycles. The summed E-state index contributed by atoms with van der Waals surface area (Å²) in [6.07, 6.45) is -4.85. The summed E-state index contributed by atoms with van der Waals surface area (Å²) in [6.45, 7) is 1.60. The van der Waals surface area contributed by atoms with Crippen molar-refractivity contribution in [2.75, 3.05) is 13.1 Å². The molecule has 1 aliphatic carbocycles. The van der Waals surface area contributed by atoms with Gasteiger partial charge in [0.25, 0.3) is 6.02 Å². The van der Waals surface area contributed by atoms with Gasteiger partial charge in [0, 0.05) is 13.1 Å². The molecule has 0 radical (unpaired) electrons. The van der Waals surface area contributed by atoms with E-state index >= 15 is 0 Å². The lowest BCUT2D eigenvalue weighted by atomic mass is 9.81. The molecule has 108 valence electrons. The van der Waals surface area contributed by atoms with Crippen molar-refractivity contribution < 1.29 is 23.0 Å². The number of halogens is 3. The number of aliphatic hydroxyl groups excluding tert-OH is 1. The van der Waals surface area contributed by atoms with E-state index in [9.17, 15) is 18.3 Å². The molecule has 2 aliphatic heterocycles. The number of amidine groups is 1. The first kappa shape index (κ1) is 13.0. The molecule has 3 rings (SSSR count). The summed E-state index contributed by atoms with van der Waals surface area (Å²) < 4.78 is 45.1. The van der Waals surface area contributed by atoms with Crippen LogP contribution in [0, 0.1) is 5.92 Å². The third kappa shape index (κ3) is 2.17. The topological polar surface area (TPSA) is 45.1 Å². The molecule has 0 aromatic rings. The molecule has 0 amide bonds. The first-order valence-corrected chi connectivity index (χ1v) is 6.67. The van der Waals surface area contributed by atoms with Crippen molar-refractivity contribution in [3.05, 3.63) is 0 Å². The molecule has 7 heteroatoms. The number of hydrogen-bond acceptors (Lipinski definition) is 4. The maximum Gasteiger partial charge on any atom is 0.288 e. The molecule has 2 fully saturated rings. The fourth-order valence-electron chi connectivity index (χ4n) is 3.07. The molecule has 2 heterocycles. The first-order chi connectivity index (χ1) is 9.08. The molecule has 4 nitrogen and oxygen atoms in total. The largest absolute Gasteiger partial charge is 0.459 e. The van der Waals surface area contributed by atoms with Crippen LogP contribution in [0.1, 0.15) is 19.3 Å². The van der Waals surface area contributed by atoms with Crippen molar-refractivity contribution in [2.45, 2.75) is 50.1 Å². The Bertz CT molecular complexity index is 374. The van der Waals surface area contributed by atoms with Crippen LogP contribution in [0.4, 0.5) is 13.2 Å².